The summed E-state index contributed by atoms with van der Waals surface area (Å²) < 4.78 is 9.97. The number of carboxylic acids is 1. The zero-order valence-electron chi connectivity index (χ0n) is 7.79. The monoisotopic (exact) mass is 176 g/mol. The number of aliphatic carboxylic acids is 1. The van der Waals surface area contributed by atoms with Gasteiger partial charge in [0.1, 0.15) is 6.61 Å². The summed E-state index contributed by atoms with van der Waals surface area (Å²) in [7, 11) is 1.60. The van der Waals surface area contributed by atoms with Crippen LogP contribution in [-0.4, -0.2) is 37.0 Å². The van der Waals surface area contributed by atoms with Gasteiger partial charge < -0.3 is 14.6 Å². The van der Waals surface area contributed by atoms with Crippen molar-refractivity contribution in [3.63, 3.8) is 0 Å². The zero-order chi connectivity index (χ0) is 9.61. The van der Waals surface area contributed by atoms with Crippen LogP contribution in [0, 0.1) is 0 Å². The van der Waals surface area contributed by atoms with Crippen molar-refractivity contribution < 1.29 is 19.4 Å². The minimum absolute atomic E-state index is 0.253. The van der Waals surface area contributed by atoms with Crippen LogP contribution >= 0.6 is 0 Å². The molecule has 0 aliphatic rings. The van der Waals surface area contributed by atoms with E-state index in [0.29, 0.717) is 13.0 Å². The Hall–Kier alpha value is -0.610. The van der Waals surface area contributed by atoms with Crippen LogP contribution in [0.5, 0.6) is 0 Å². The van der Waals surface area contributed by atoms with Crippen molar-refractivity contribution in [2.75, 3.05) is 20.3 Å². The van der Waals surface area contributed by atoms with Crippen LogP contribution in [0.4, 0.5) is 0 Å². The van der Waals surface area contributed by atoms with Crippen molar-refractivity contribution in [2.45, 2.75) is 25.9 Å². The van der Waals surface area contributed by atoms with E-state index in [2.05, 4.69) is 0 Å². The SMILES string of the molecule is COCCC(C)(C)OCC(=O)O. The number of methoxy groups -OCH3 is 1. The number of rotatable bonds is 6. The molecular weight excluding hydrogens is 160 g/mol. The molecule has 0 radical (unpaired) electrons. The summed E-state index contributed by atoms with van der Waals surface area (Å²) in [5.74, 6) is -0.944. The normalized spacial score (nSPS) is 11.6. The number of carboxylic acid groups (broad SMARTS) is 1. The molecule has 0 amide bonds. The quantitative estimate of drug-likeness (QED) is 0.653. The molecule has 1 N–H and O–H groups in total. The van der Waals surface area contributed by atoms with E-state index in [1.807, 2.05) is 13.8 Å². The van der Waals surface area contributed by atoms with Gasteiger partial charge >= 0.3 is 5.97 Å². The van der Waals surface area contributed by atoms with Crippen LogP contribution in [0.15, 0.2) is 0 Å². The molecule has 0 spiro atoms. The van der Waals surface area contributed by atoms with Gasteiger partial charge in [0.15, 0.2) is 0 Å². The van der Waals surface area contributed by atoms with Crippen molar-refractivity contribution in [2.24, 2.45) is 0 Å². The van der Waals surface area contributed by atoms with Gasteiger partial charge in [0.25, 0.3) is 0 Å². The summed E-state index contributed by atoms with van der Waals surface area (Å²) in [5.41, 5.74) is -0.422. The van der Waals surface area contributed by atoms with Crippen LogP contribution in [0.2, 0.25) is 0 Å². The molecule has 0 heterocycles. The highest BCUT2D eigenvalue weighted by atomic mass is 16.5. The Morgan fingerprint density at radius 3 is 2.50 bits per heavy atom. The Morgan fingerprint density at radius 2 is 2.08 bits per heavy atom. The molecule has 0 rings (SSSR count). The highest BCUT2D eigenvalue weighted by Crippen LogP contribution is 2.13. The lowest BCUT2D eigenvalue weighted by Gasteiger charge is -2.23. The van der Waals surface area contributed by atoms with Crippen molar-refractivity contribution in [3.8, 4) is 0 Å². The molecule has 0 aromatic heterocycles. The van der Waals surface area contributed by atoms with Crippen LogP contribution in [0.3, 0.4) is 0 Å². The Kier molecular flexibility index (Phi) is 4.85. The average Bonchev–Trinajstić information content (AvgIpc) is 1.98. The van der Waals surface area contributed by atoms with Crippen molar-refractivity contribution in [1.82, 2.24) is 0 Å². The molecule has 12 heavy (non-hydrogen) atoms. The van der Waals surface area contributed by atoms with Gasteiger partial charge in [-0.25, -0.2) is 4.79 Å². The molecule has 0 aromatic carbocycles. The summed E-state index contributed by atoms with van der Waals surface area (Å²) in [4.78, 5) is 10.2. The molecule has 0 aromatic rings. The summed E-state index contributed by atoms with van der Waals surface area (Å²) >= 11 is 0. The molecular formula is C8H16O4. The Labute approximate surface area is 72.5 Å². The molecule has 0 bridgehead atoms. The van der Waals surface area contributed by atoms with E-state index < -0.39 is 11.6 Å². The van der Waals surface area contributed by atoms with E-state index in [1.165, 1.54) is 0 Å². The third-order valence-corrected chi connectivity index (χ3v) is 1.49. The van der Waals surface area contributed by atoms with Crippen molar-refractivity contribution in [1.29, 1.82) is 0 Å². The summed E-state index contributed by atoms with van der Waals surface area (Å²) in [6, 6.07) is 0. The van der Waals surface area contributed by atoms with Gasteiger partial charge in [0.05, 0.1) is 5.60 Å². The third kappa shape index (κ3) is 6.12. The molecule has 0 saturated carbocycles. The highest BCUT2D eigenvalue weighted by Gasteiger charge is 2.18. The number of hydrogen-bond donors (Lipinski definition) is 1. The lowest BCUT2D eigenvalue weighted by molar-refractivity contribution is -0.148. The van der Waals surface area contributed by atoms with Crippen molar-refractivity contribution >= 4 is 5.97 Å². The molecule has 4 heteroatoms. The van der Waals surface area contributed by atoms with E-state index >= 15 is 0 Å². The van der Waals surface area contributed by atoms with Gasteiger partial charge in [-0.1, -0.05) is 0 Å². The summed E-state index contributed by atoms with van der Waals surface area (Å²) in [6.45, 7) is 4.01. The Balaban J connectivity index is 3.63. The maximum atomic E-state index is 10.2. The lowest BCUT2D eigenvalue weighted by Crippen LogP contribution is -2.28. The van der Waals surface area contributed by atoms with Gasteiger partial charge in [0.2, 0.25) is 0 Å². The minimum Gasteiger partial charge on any atom is -0.480 e. The molecule has 0 aliphatic heterocycles. The third-order valence-electron chi connectivity index (χ3n) is 1.49. The Bertz CT molecular complexity index is 142. The maximum Gasteiger partial charge on any atom is 0.329 e. The smallest absolute Gasteiger partial charge is 0.329 e. The zero-order valence-corrected chi connectivity index (χ0v) is 7.79. The lowest BCUT2D eigenvalue weighted by atomic mass is 10.1. The largest absolute Gasteiger partial charge is 0.480 e. The second-order valence-corrected chi connectivity index (χ2v) is 3.18. The van der Waals surface area contributed by atoms with Gasteiger partial charge in [-0.3, -0.25) is 0 Å². The van der Waals surface area contributed by atoms with E-state index in [4.69, 9.17) is 14.6 Å². The maximum absolute atomic E-state index is 10.2. The predicted molar refractivity (Wildman–Crippen MR) is 44.2 cm³/mol. The van der Waals surface area contributed by atoms with Crippen molar-refractivity contribution in [3.05, 3.63) is 0 Å². The standard InChI is InChI=1S/C8H16O4/c1-8(2,4-5-11-3)12-6-7(9)10/h4-6H2,1-3H3,(H,9,10). The molecule has 0 unspecified atom stereocenters. The second-order valence-electron chi connectivity index (χ2n) is 3.18. The van der Waals surface area contributed by atoms with Gasteiger partial charge in [-0.05, 0) is 20.3 Å². The van der Waals surface area contributed by atoms with E-state index in [9.17, 15) is 4.79 Å². The van der Waals surface area contributed by atoms with E-state index in [-0.39, 0.29) is 6.61 Å². The first kappa shape index (κ1) is 11.4. The molecule has 0 saturated heterocycles. The summed E-state index contributed by atoms with van der Waals surface area (Å²) in [5, 5.41) is 8.35. The highest BCUT2D eigenvalue weighted by molar-refractivity contribution is 5.68. The van der Waals surface area contributed by atoms with Gasteiger partial charge in [-0.2, -0.15) is 0 Å². The predicted octanol–water partition coefficient (Wildman–Crippen LogP) is 0.903. The summed E-state index contributed by atoms with van der Waals surface area (Å²) in [6.07, 6.45) is 0.691. The fourth-order valence-corrected chi connectivity index (χ4v) is 0.677. The first-order valence-corrected chi connectivity index (χ1v) is 3.82. The number of carbonyl (C=O) groups is 1. The van der Waals surface area contributed by atoms with Crippen LogP contribution in [0.25, 0.3) is 0 Å². The first-order chi connectivity index (χ1) is 5.48. The Morgan fingerprint density at radius 1 is 1.50 bits per heavy atom. The first-order valence-electron chi connectivity index (χ1n) is 3.82. The fourth-order valence-electron chi connectivity index (χ4n) is 0.677. The van der Waals surface area contributed by atoms with Crippen LogP contribution in [-0.2, 0) is 14.3 Å². The topological polar surface area (TPSA) is 55.8 Å². The fraction of sp³-hybridized carbons (Fsp3) is 0.875. The van der Waals surface area contributed by atoms with Crippen LogP contribution in [0.1, 0.15) is 20.3 Å². The number of ether oxygens (including phenoxy) is 2. The van der Waals surface area contributed by atoms with Crippen LogP contribution < -0.4 is 0 Å². The van der Waals surface area contributed by atoms with Gasteiger partial charge in [-0.15, -0.1) is 0 Å². The molecule has 0 aliphatic carbocycles. The molecule has 0 atom stereocenters. The van der Waals surface area contributed by atoms with E-state index in [0.717, 1.165) is 0 Å². The second kappa shape index (κ2) is 5.11. The molecule has 0 fully saturated rings. The number of hydrogen-bond acceptors (Lipinski definition) is 3. The van der Waals surface area contributed by atoms with E-state index in [1.54, 1.807) is 7.11 Å². The molecule has 4 nitrogen and oxygen atoms in total. The minimum atomic E-state index is -0.944. The average molecular weight is 176 g/mol. The molecule has 72 valence electrons. The van der Waals surface area contributed by atoms with Gasteiger partial charge in [0, 0.05) is 13.7 Å².